The van der Waals surface area contributed by atoms with Crippen molar-refractivity contribution in [3.05, 3.63) is 39.9 Å². The van der Waals surface area contributed by atoms with Gasteiger partial charge in [-0.1, -0.05) is 0 Å². The highest BCUT2D eigenvalue weighted by Gasteiger charge is 2.41. The fourth-order valence-electron chi connectivity index (χ4n) is 3.64. The first-order chi connectivity index (χ1) is 15.7. The molecule has 1 aromatic rings. The van der Waals surface area contributed by atoms with Crippen LogP contribution in [0.3, 0.4) is 0 Å². The van der Waals surface area contributed by atoms with Gasteiger partial charge in [0.2, 0.25) is 11.8 Å². The average Bonchev–Trinajstić information content (AvgIpc) is 3.19. The summed E-state index contributed by atoms with van der Waals surface area (Å²) in [5, 5.41) is 13.3. The van der Waals surface area contributed by atoms with Gasteiger partial charge in [0.15, 0.2) is 0 Å². The molecule has 3 amide bonds. The SMILES string of the molecule is CC(=O)N1CCN(C(=O)[C@@H]2C[C@H](S)CN2C(=O)OCc2ccc([N+](=O)[O-])cc2)CC1.CNC. The number of hydrogen-bond acceptors (Lipinski definition) is 8. The van der Waals surface area contributed by atoms with Crippen molar-refractivity contribution in [3.8, 4) is 0 Å². The Morgan fingerprint density at radius 3 is 2.18 bits per heavy atom. The smallest absolute Gasteiger partial charge is 0.410 e. The van der Waals surface area contributed by atoms with E-state index in [0.717, 1.165) is 0 Å². The second-order valence-corrected chi connectivity index (χ2v) is 8.60. The third-order valence-corrected chi connectivity index (χ3v) is 5.72. The predicted molar refractivity (Wildman–Crippen MR) is 125 cm³/mol. The summed E-state index contributed by atoms with van der Waals surface area (Å²) in [4.78, 5) is 52.0. The lowest BCUT2D eigenvalue weighted by Crippen LogP contribution is -2.55. The summed E-state index contributed by atoms with van der Waals surface area (Å²) in [6, 6.07) is 5.08. The van der Waals surface area contributed by atoms with E-state index in [-0.39, 0.29) is 29.4 Å². The molecule has 0 spiro atoms. The van der Waals surface area contributed by atoms with Crippen LogP contribution in [-0.2, 0) is 20.9 Å². The van der Waals surface area contributed by atoms with Crippen LogP contribution in [0.15, 0.2) is 24.3 Å². The number of carbonyl (C=O) groups excluding carboxylic acids is 3. The molecule has 2 saturated heterocycles. The van der Waals surface area contributed by atoms with Crippen LogP contribution in [0, 0.1) is 10.1 Å². The quantitative estimate of drug-likeness (QED) is 0.375. The van der Waals surface area contributed by atoms with Crippen molar-refractivity contribution < 1.29 is 24.0 Å². The number of non-ortho nitro benzene ring substituents is 1. The molecule has 182 valence electrons. The van der Waals surface area contributed by atoms with E-state index in [1.165, 1.54) is 36.1 Å². The lowest BCUT2D eigenvalue weighted by atomic mass is 10.1. The van der Waals surface area contributed by atoms with Crippen LogP contribution in [0.1, 0.15) is 18.9 Å². The van der Waals surface area contributed by atoms with Crippen molar-refractivity contribution in [1.82, 2.24) is 20.0 Å². The zero-order chi connectivity index (χ0) is 24.5. The number of ether oxygens (including phenoxy) is 1. The number of nitrogens with zero attached hydrogens (tertiary/aromatic N) is 4. The lowest BCUT2D eigenvalue weighted by Gasteiger charge is -2.36. The maximum Gasteiger partial charge on any atom is 0.410 e. The van der Waals surface area contributed by atoms with Crippen molar-refractivity contribution in [3.63, 3.8) is 0 Å². The molecule has 0 aromatic heterocycles. The Morgan fingerprint density at radius 2 is 1.67 bits per heavy atom. The predicted octanol–water partition coefficient (Wildman–Crippen LogP) is 1.13. The van der Waals surface area contributed by atoms with Crippen LogP contribution < -0.4 is 5.32 Å². The largest absolute Gasteiger partial charge is 0.445 e. The van der Waals surface area contributed by atoms with Gasteiger partial charge in [0.25, 0.3) is 5.69 Å². The number of carbonyl (C=O) groups is 3. The highest BCUT2D eigenvalue weighted by atomic mass is 32.1. The van der Waals surface area contributed by atoms with E-state index in [1.807, 2.05) is 14.1 Å². The Labute approximate surface area is 198 Å². The summed E-state index contributed by atoms with van der Waals surface area (Å²) in [6.45, 7) is 3.55. The molecule has 0 unspecified atom stereocenters. The molecule has 12 heteroatoms. The Morgan fingerprint density at radius 1 is 1.12 bits per heavy atom. The zero-order valence-corrected chi connectivity index (χ0v) is 20.0. The number of benzene rings is 1. The van der Waals surface area contributed by atoms with Gasteiger partial charge in [-0.15, -0.1) is 0 Å². The van der Waals surface area contributed by atoms with Crippen molar-refractivity contribution in [1.29, 1.82) is 0 Å². The maximum atomic E-state index is 13.0. The van der Waals surface area contributed by atoms with Crippen LogP contribution >= 0.6 is 12.6 Å². The summed E-state index contributed by atoms with van der Waals surface area (Å²) in [5.74, 6) is -0.183. The molecule has 1 N–H and O–H groups in total. The minimum absolute atomic E-state index is 0.0187. The second-order valence-electron chi connectivity index (χ2n) is 7.87. The van der Waals surface area contributed by atoms with Crippen molar-refractivity contribution in [2.24, 2.45) is 0 Å². The molecule has 2 heterocycles. The zero-order valence-electron chi connectivity index (χ0n) is 19.1. The standard InChI is InChI=1S/C19H24N4O6S.C2H7N/c1-13(24)20-6-8-21(9-7-20)18(25)17-10-16(30)11-22(17)19(26)29-12-14-2-4-15(5-3-14)23(27)28;1-3-2/h2-5,16-17,30H,6-12H2,1H3;3H,1-2H3/t16-,17-;/m0./s1. The van der Waals surface area contributed by atoms with Gasteiger partial charge in [-0.2, -0.15) is 12.6 Å². The molecule has 2 aliphatic heterocycles. The Kier molecular flexibility index (Phi) is 9.92. The first kappa shape index (κ1) is 26.4. The molecule has 11 nitrogen and oxygen atoms in total. The maximum absolute atomic E-state index is 13.0. The van der Waals surface area contributed by atoms with E-state index in [2.05, 4.69) is 17.9 Å². The Hall–Kier alpha value is -2.86. The van der Waals surface area contributed by atoms with E-state index >= 15 is 0 Å². The van der Waals surface area contributed by atoms with Crippen LogP contribution in [0.2, 0.25) is 0 Å². The van der Waals surface area contributed by atoms with Crippen LogP contribution in [-0.4, -0.2) is 95.6 Å². The molecule has 0 aliphatic carbocycles. The molecule has 2 atom stereocenters. The molecule has 0 bridgehead atoms. The first-order valence-corrected chi connectivity index (χ1v) is 11.2. The highest BCUT2D eigenvalue weighted by Crippen LogP contribution is 2.25. The number of rotatable bonds is 4. The summed E-state index contributed by atoms with van der Waals surface area (Å²) >= 11 is 4.44. The van der Waals surface area contributed by atoms with Crippen LogP contribution in [0.25, 0.3) is 0 Å². The minimum atomic E-state index is -0.652. The number of nitro groups is 1. The van der Waals surface area contributed by atoms with Gasteiger partial charge in [-0.25, -0.2) is 4.79 Å². The molecule has 2 aliphatic rings. The number of piperazine rings is 1. The molecular formula is C21H31N5O6S. The molecular weight excluding hydrogens is 450 g/mol. The number of amides is 3. The van der Waals surface area contributed by atoms with E-state index < -0.39 is 17.1 Å². The topological polar surface area (TPSA) is 125 Å². The number of thiol groups is 1. The van der Waals surface area contributed by atoms with Gasteiger partial charge in [0, 0.05) is 57.0 Å². The van der Waals surface area contributed by atoms with Gasteiger partial charge in [0.1, 0.15) is 12.6 Å². The Balaban J connectivity index is 0.00000122. The van der Waals surface area contributed by atoms with Gasteiger partial charge in [-0.05, 0) is 38.2 Å². The summed E-state index contributed by atoms with van der Waals surface area (Å²) in [7, 11) is 3.75. The normalized spacial score (nSPS) is 20.1. The lowest BCUT2D eigenvalue weighted by molar-refractivity contribution is -0.384. The number of hydrogen-bond donors (Lipinski definition) is 2. The fourth-order valence-corrected chi connectivity index (χ4v) is 4.02. The average molecular weight is 482 g/mol. The van der Waals surface area contributed by atoms with Crippen molar-refractivity contribution in [2.45, 2.75) is 31.2 Å². The van der Waals surface area contributed by atoms with Crippen molar-refractivity contribution in [2.75, 3.05) is 46.8 Å². The minimum Gasteiger partial charge on any atom is -0.445 e. The fraction of sp³-hybridized carbons (Fsp3) is 0.571. The summed E-state index contributed by atoms with van der Waals surface area (Å²) in [5.41, 5.74) is 0.567. The van der Waals surface area contributed by atoms with E-state index in [0.29, 0.717) is 44.7 Å². The summed E-state index contributed by atoms with van der Waals surface area (Å²) < 4.78 is 5.34. The second kappa shape index (κ2) is 12.4. The summed E-state index contributed by atoms with van der Waals surface area (Å²) in [6.07, 6.45) is -0.188. The number of nitrogens with one attached hydrogen (secondary N) is 1. The van der Waals surface area contributed by atoms with Crippen LogP contribution in [0.4, 0.5) is 10.5 Å². The van der Waals surface area contributed by atoms with Gasteiger partial charge in [0.05, 0.1) is 4.92 Å². The number of nitro benzene ring substituents is 1. The van der Waals surface area contributed by atoms with E-state index in [1.54, 1.807) is 9.80 Å². The number of likely N-dealkylation sites (tertiary alicyclic amines) is 1. The monoisotopic (exact) mass is 481 g/mol. The molecule has 1 aromatic carbocycles. The molecule has 0 radical (unpaired) electrons. The molecule has 33 heavy (non-hydrogen) atoms. The van der Waals surface area contributed by atoms with Gasteiger partial charge < -0.3 is 19.9 Å². The van der Waals surface area contributed by atoms with E-state index in [4.69, 9.17) is 4.74 Å². The van der Waals surface area contributed by atoms with Crippen LogP contribution in [0.5, 0.6) is 0 Å². The third kappa shape index (κ3) is 7.32. The Bertz CT molecular complexity index is 844. The van der Waals surface area contributed by atoms with Gasteiger partial charge in [-0.3, -0.25) is 24.6 Å². The first-order valence-electron chi connectivity index (χ1n) is 10.7. The molecule has 2 fully saturated rings. The molecule has 3 rings (SSSR count). The van der Waals surface area contributed by atoms with Crippen molar-refractivity contribution >= 4 is 36.2 Å². The van der Waals surface area contributed by atoms with E-state index in [9.17, 15) is 24.5 Å². The third-order valence-electron chi connectivity index (χ3n) is 5.34. The highest BCUT2D eigenvalue weighted by molar-refractivity contribution is 7.81. The molecule has 0 saturated carbocycles. The van der Waals surface area contributed by atoms with Gasteiger partial charge >= 0.3 is 6.09 Å².